The molecule has 0 aliphatic rings. The summed E-state index contributed by atoms with van der Waals surface area (Å²) in [7, 11) is 0. The molecule has 1 aromatic rings. The van der Waals surface area contributed by atoms with Gasteiger partial charge in [0.25, 0.3) is 11.6 Å². The molecule has 4 N–H and O–H groups in total. The number of carboxylic acids is 1. The lowest BCUT2D eigenvalue weighted by Gasteiger charge is -2.11. The number of carbonyl (C=O) groups excluding carboxylic acids is 1. The Morgan fingerprint density at radius 1 is 1.56 bits per heavy atom. The van der Waals surface area contributed by atoms with Gasteiger partial charge in [0.05, 0.1) is 11.1 Å². The van der Waals surface area contributed by atoms with E-state index in [0.717, 1.165) is 12.3 Å². The van der Waals surface area contributed by atoms with Gasteiger partial charge in [0.15, 0.2) is 0 Å². The highest BCUT2D eigenvalue weighted by atomic mass is 16.6. The largest absolute Gasteiger partial charge is 0.480 e. The number of nitrogens with one attached hydrogen (secondary N) is 2. The SMILES string of the molecule is O=C(NC(CCO)C(=O)O)c1cc([N+](=O)[O-])c[nH]1. The predicted molar refractivity (Wildman–Crippen MR) is 58.0 cm³/mol. The molecule has 0 spiro atoms. The Kier molecular flexibility index (Phi) is 4.38. The Labute approximate surface area is 101 Å². The molecule has 0 aromatic carbocycles. The number of aromatic nitrogens is 1. The van der Waals surface area contributed by atoms with Crippen LogP contribution in [0.25, 0.3) is 0 Å². The number of aromatic amines is 1. The van der Waals surface area contributed by atoms with Crippen molar-refractivity contribution in [2.24, 2.45) is 0 Å². The zero-order valence-corrected chi connectivity index (χ0v) is 9.12. The van der Waals surface area contributed by atoms with E-state index in [-0.39, 0.29) is 17.8 Å². The van der Waals surface area contributed by atoms with Crippen LogP contribution < -0.4 is 5.32 Å². The van der Waals surface area contributed by atoms with Crippen molar-refractivity contribution in [2.75, 3.05) is 6.61 Å². The van der Waals surface area contributed by atoms with Gasteiger partial charge in [0.2, 0.25) is 0 Å². The van der Waals surface area contributed by atoms with Crippen LogP contribution in [0.4, 0.5) is 5.69 Å². The number of hydrogen-bond acceptors (Lipinski definition) is 5. The number of hydrogen-bond donors (Lipinski definition) is 4. The Morgan fingerprint density at radius 3 is 2.67 bits per heavy atom. The molecule has 0 radical (unpaired) electrons. The van der Waals surface area contributed by atoms with Crippen LogP contribution >= 0.6 is 0 Å². The van der Waals surface area contributed by atoms with E-state index in [9.17, 15) is 19.7 Å². The van der Waals surface area contributed by atoms with E-state index in [2.05, 4.69) is 10.3 Å². The maximum Gasteiger partial charge on any atom is 0.326 e. The smallest absolute Gasteiger partial charge is 0.326 e. The monoisotopic (exact) mass is 257 g/mol. The first-order valence-corrected chi connectivity index (χ1v) is 4.93. The summed E-state index contributed by atoms with van der Waals surface area (Å²) in [6.45, 7) is -0.401. The fraction of sp³-hybridized carbons (Fsp3) is 0.333. The summed E-state index contributed by atoms with van der Waals surface area (Å²) in [6, 6.07) is -0.252. The minimum absolute atomic E-state index is 0.120. The number of nitrogens with zero attached hydrogens (tertiary/aromatic N) is 1. The van der Waals surface area contributed by atoms with Gasteiger partial charge in [-0.2, -0.15) is 0 Å². The van der Waals surface area contributed by atoms with Gasteiger partial charge in [0.1, 0.15) is 11.7 Å². The molecule has 1 amide bonds. The number of aliphatic hydroxyl groups is 1. The van der Waals surface area contributed by atoms with Gasteiger partial charge in [-0.1, -0.05) is 0 Å². The van der Waals surface area contributed by atoms with Crippen molar-refractivity contribution < 1.29 is 24.7 Å². The maximum atomic E-state index is 11.6. The molecule has 0 aliphatic carbocycles. The number of H-pyrrole nitrogens is 1. The van der Waals surface area contributed by atoms with Crippen LogP contribution in [0.5, 0.6) is 0 Å². The van der Waals surface area contributed by atoms with Crippen LogP contribution in [0.3, 0.4) is 0 Å². The number of rotatable bonds is 6. The van der Waals surface area contributed by atoms with E-state index in [1.807, 2.05) is 0 Å². The van der Waals surface area contributed by atoms with Gasteiger partial charge in [-0.05, 0) is 0 Å². The normalized spacial score (nSPS) is 11.8. The van der Waals surface area contributed by atoms with Crippen LogP contribution in [0.2, 0.25) is 0 Å². The molecule has 9 nitrogen and oxygen atoms in total. The van der Waals surface area contributed by atoms with E-state index in [0.29, 0.717) is 0 Å². The van der Waals surface area contributed by atoms with Crippen molar-refractivity contribution in [3.63, 3.8) is 0 Å². The van der Waals surface area contributed by atoms with Crippen molar-refractivity contribution in [1.82, 2.24) is 10.3 Å². The van der Waals surface area contributed by atoms with Crippen molar-refractivity contribution >= 4 is 17.6 Å². The number of aliphatic carboxylic acids is 1. The molecule has 0 fully saturated rings. The van der Waals surface area contributed by atoms with Gasteiger partial charge in [-0.25, -0.2) is 4.79 Å². The molecule has 1 aromatic heterocycles. The van der Waals surface area contributed by atoms with E-state index < -0.39 is 29.4 Å². The first-order valence-electron chi connectivity index (χ1n) is 4.93. The molecule has 0 bridgehead atoms. The van der Waals surface area contributed by atoms with Crippen molar-refractivity contribution in [3.05, 3.63) is 28.1 Å². The first-order chi connectivity index (χ1) is 8.45. The predicted octanol–water partition coefficient (Wildman–Crippen LogP) is -0.512. The Hall–Kier alpha value is -2.42. The van der Waals surface area contributed by atoms with Gasteiger partial charge in [0, 0.05) is 19.1 Å². The molecule has 1 rings (SSSR count). The van der Waals surface area contributed by atoms with Crippen molar-refractivity contribution in [2.45, 2.75) is 12.5 Å². The van der Waals surface area contributed by atoms with Gasteiger partial charge in [-0.3, -0.25) is 14.9 Å². The molecule has 9 heteroatoms. The average Bonchev–Trinajstić information content (AvgIpc) is 2.77. The summed E-state index contributed by atoms with van der Waals surface area (Å²) in [6.07, 6.45) is 0.876. The molecule has 0 aliphatic heterocycles. The van der Waals surface area contributed by atoms with Gasteiger partial charge < -0.3 is 20.5 Å². The van der Waals surface area contributed by atoms with Crippen LogP contribution in [0.15, 0.2) is 12.3 Å². The number of carboxylic acid groups (broad SMARTS) is 1. The first kappa shape index (κ1) is 13.6. The highest BCUT2D eigenvalue weighted by molar-refractivity contribution is 5.95. The van der Waals surface area contributed by atoms with E-state index >= 15 is 0 Å². The second-order valence-corrected chi connectivity index (χ2v) is 3.41. The van der Waals surface area contributed by atoms with E-state index in [1.165, 1.54) is 0 Å². The Morgan fingerprint density at radius 2 is 2.22 bits per heavy atom. The molecular formula is C9H11N3O6. The van der Waals surface area contributed by atoms with Gasteiger partial charge in [-0.15, -0.1) is 0 Å². The molecule has 0 saturated carbocycles. The van der Waals surface area contributed by atoms with E-state index in [4.69, 9.17) is 10.2 Å². The van der Waals surface area contributed by atoms with Crippen molar-refractivity contribution in [3.8, 4) is 0 Å². The third kappa shape index (κ3) is 3.28. The highest BCUT2D eigenvalue weighted by Crippen LogP contribution is 2.12. The van der Waals surface area contributed by atoms with E-state index in [1.54, 1.807) is 0 Å². The molecule has 1 unspecified atom stereocenters. The highest BCUT2D eigenvalue weighted by Gasteiger charge is 2.22. The molecule has 1 heterocycles. The minimum Gasteiger partial charge on any atom is -0.480 e. The maximum absolute atomic E-state index is 11.6. The second kappa shape index (κ2) is 5.77. The summed E-state index contributed by atoms with van der Waals surface area (Å²) in [4.78, 5) is 34.4. The summed E-state index contributed by atoms with van der Waals surface area (Å²) in [5.74, 6) is -2.08. The van der Waals surface area contributed by atoms with Gasteiger partial charge >= 0.3 is 5.97 Å². The Balaban J connectivity index is 2.74. The topological polar surface area (TPSA) is 146 Å². The average molecular weight is 257 g/mol. The standard InChI is InChI=1S/C9H11N3O6/c13-2-1-6(9(15)16)11-8(14)7-3-5(4-10-7)12(17)18/h3-4,6,10,13H,1-2H2,(H,11,14)(H,15,16). The van der Waals surface area contributed by atoms with Crippen molar-refractivity contribution in [1.29, 1.82) is 0 Å². The molecular weight excluding hydrogens is 246 g/mol. The van der Waals surface area contributed by atoms with Crippen LogP contribution in [-0.2, 0) is 4.79 Å². The number of nitro groups is 1. The summed E-state index contributed by atoms with van der Waals surface area (Å²) < 4.78 is 0. The summed E-state index contributed by atoms with van der Waals surface area (Å²) in [5.41, 5.74) is -0.417. The minimum atomic E-state index is -1.29. The lowest BCUT2D eigenvalue weighted by atomic mass is 10.2. The van der Waals surface area contributed by atoms with Crippen LogP contribution in [0, 0.1) is 10.1 Å². The lowest BCUT2D eigenvalue weighted by Crippen LogP contribution is -2.41. The molecule has 18 heavy (non-hydrogen) atoms. The zero-order chi connectivity index (χ0) is 13.7. The third-order valence-corrected chi connectivity index (χ3v) is 2.14. The second-order valence-electron chi connectivity index (χ2n) is 3.41. The fourth-order valence-electron chi connectivity index (χ4n) is 1.24. The zero-order valence-electron chi connectivity index (χ0n) is 9.12. The third-order valence-electron chi connectivity index (χ3n) is 2.14. The number of aliphatic hydroxyl groups excluding tert-OH is 1. The molecule has 98 valence electrons. The summed E-state index contributed by atoms with van der Waals surface area (Å²) in [5, 5.41) is 29.9. The molecule has 1 atom stereocenters. The fourth-order valence-corrected chi connectivity index (χ4v) is 1.24. The van der Waals surface area contributed by atoms with Crippen LogP contribution in [0.1, 0.15) is 16.9 Å². The Bertz CT molecular complexity index is 469. The number of amides is 1. The quantitative estimate of drug-likeness (QED) is 0.398. The lowest BCUT2D eigenvalue weighted by molar-refractivity contribution is -0.384. The number of carbonyl (C=O) groups is 2. The summed E-state index contributed by atoms with van der Waals surface area (Å²) >= 11 is 0. The van der Waals surface area contributed by atoms with Crippen LogP contribution in [-0.4, -0.2) is 44.6 Å². The molecule has 0 saturated heterocycles.